The molecule has 2 aromatic carbocycles. The van der Waals surface area contributed by atoms with E-state index >= 15 is 0 Å². The van der Waals surface area contributed by atoms with Crippen LogP contribution < -0.4 is 0 Å². The van der Waals surface area contributed by atoms with Gasteiger partial charge in [0.1, 0.15) is 0 Å². The fourth-order valence-electron chi connectivity index (χ4n) is 2.51. The van der Waals surface area contributed by atoms with Crippen molar-refractivity contribution in [1.29, 1.82) is 0 Å². The smallest absolute Gasteiger partial charge is 0.324 e. The summed E-state index contributed by atoms with van der Waals surface area (Å²) >= 11 is 0. The molecule has 8 heteroatoms. The molecular formula is C28H54O6P2. The van der Waals surface area contributed by atoms with E-state index in [1.165, 1.54) is 77.0 Å². The topological polar surface area (TPSA) is 121 Å². The standard InChI is InChI=1S/C13H28.2C6H6.C3H8.2H3O3P/c1-3-5-7-9-11-13-12-10-8-6-4-2;2*1-2-4-6-5-3-1;1-3-2;2*1-4(2)3/h3-13H2,1-2H3;2*1-6H;3H2,1-2H3;2*1-3H. The Bertz CT molecular complexity index is 428. The van der Waals surface area contributed by atoms with Crippen molar-refractivity contribution in [2.24, 2.45) is 0 Å². The monoisotopic (exact) mass is 548 g/mol. The Labute approximate surface area is 224 Å². The molecule has 0 spiro atoms. The highest BCUT2D eigenvalue weighted by Crippen LogP contribution is 2.12. The molecule has 6 N–H and O–H groups in total. The van der Waals surface area contributed by atoms with Crippen molar-refractivity contribution in [2.75, 3.05) is 0 Å². The zero-order valence-corrected chi connectivity index (χ0v) is 24.8. The molecular weight excluding hydrogens is 494 g/mol. The first-order valence-corrected chi connectivity index (χ1v) is 15.4. The lowest BCUT2D eigenvalue weighted by atomic mass is 10.1. The van der Waals surface area contributed by atoms with Gasteiger partial charge in [0.05, 0.1) is 0 Å². The molecule has 2 rings (SSSR count). The number of unbranched alkanes of at least 4 members (excludes halogenated alkanes) is 10. The third-order valence-corrected chi connectivity index (χ3v) is 4.04. The zero-order chi connectivity index (χ0) is 28.1. The number of benzene rings is 2. The van der Waals surface area contributed by atoms with Crippen molar-refractivity contribution in [3.63, 3.8) is 0 Å². The molecule has 0 saturated carbocycles. The van der Waals surface area contributed by atoms with Crippen LogP contribution in [0.25, 0.3) is 0 Å². The Morgan fingerprint density at radius 3 is 0.556 bits per heavy atom. The molecule has 0 aliphatic carbocycles. The summed E-state index contributed by atoms with van der Waals surface area (Å²) in [4.78, 5) is 43.4. The van der Waals surface area contributed by atoms with Crippen molar-refractivity contribution < 1.29 is 29.4 Å². The molecule has 0 saturated heterocycles. The van der Waals surface area contributed by atoms with Crippen molar-refractivity contribution >= 4 is 17.2 Å². The minimum Gasteiger partial charge on any atom is -0.328 e. The normalized spacial score (nSPS) is 9.00. The average Bonchev–Trinajstić information content (AvgIpc) is 2.86. The maximum absolute atomic E-state index is 7.23. The van der Waals surface area contributed by atoms with Gasteiger partial charge in [-0.2, -0.15) is 0 Å². The lowest BCUT2D eigenvalue weighted by Crippen LogP contribution is -1.80. The third-order valence-electron chi connectivity index (χ3n) is 4.04. The molecule has 0 heterocycles. The van der Waals surface area contributed by atoms with Gasteiger partial charge in [-0.3, -0.25) is 0 Å². The quantitative estimate of drug-likeness (QED) is 0.131. The molecule has 0 amide bonds. The Hall–Kier alpha value is -0.940. The van der Waals surface area contributed by atoms with Gasteiger partial charge in [-0.15, -0.1) is 0 Å². The van der Waals surface area contributed by atoms with Crippen molar-refractivity contribution in [3.05, 3.63) is 72.8 Å². The van der Waals surface area contributed by atoms with Crippen LogP contribution >= 0.6 is 17.2 Å². The predicted octanol–water partition coefficient (Wildman–Crippen LogP) is 8.49. The van der Waals surface area contributed by atoms with Crippen LogP contribution in [0.5, 0.6) is 0 Å². The summed E-state index contributed by atoms with van der Waals surface area (Å²) in [5.41, 5.74) is 0. The molecule has 212 valence electrons. The molecule has 0 aromatic heterocycles. The van der Waals surface area contributed by atoms with E-state index in [2.05, 4.69) is 27.7 Å². The van der Waals surface area contributed by atoms with Gasteiger partial charge in [0.15, 0.2) is 0 Å². The van der Waals surface area contributed by atoms with Crippen LogP contribution in [-0.4, -0.2) is 29.4 Å². The summed E-state index contributed by atoms with van der Waals surface area (Å²) in [5, 5.41) is 0. The summed E-state index contributed by atoms with van der Waals surface area (Å²) in [6.45, 7) is 8.81. The van der Waals surface area contributed by atoms with Crippen LogP contribution in [0.4, 0.5) is 0 Å². The van der Waals surface area contributed by atoms with Crippen LogP contribution in [0.3, 0.4) is 0 Å². The summed E-state index contributed by atoms with van der Waals surface area (Å²) in [5.74, 6) is 0. The van der Waals surface area contributed by atoms with Gasteiger partial charge in [-0.05, 0) is 0 Å². The Balaban J connectivity index is -0.000000187. The van der Waals surface area contributed by atoms with E-state index in [4.69, 9.17) is 29.4 Å². The highest BCUT2D eigenvalue weighted by atomic mass is 31.2. The minimum atomic E-state index is -2.62. The van der Waals surface area contributed by atoms with Gasteiger partial charge < -0.3 is 29.4 Å². The van der Waals surface area contributed by atoms with Crippen molar-refractivity contribution in [1.82, 2.24) is 0 Å². The molecule has 2 aromatic rings. The second-order valence-corrected chi connectivity index (χ2v) is 8.81. The molecule has 0 atom stereocenters. The Morgan fingerprint density at radius 2 is 0.444 bits per heavy atom. The Kier molecular flexibility index (Phi) is 51.6. The van der Waals surface area contributed by atoms with Gasteiger partial charge in [0.2, 0.25) is 0 Å². The third kappa shape index (κ3) is 76.6. The van der Waals surface area contributed by atoms with Gasteiger partial charge in [-0.1, -0.05) is 178 Å². The number of rotatable bonds is 10. The number of hydrogen-bond acceptors (Lipinski definition) is 6. The van der Waals surface area contributed by atoms with E-state index in [-0.39, 0.29) is 0 Å². The SMILES string of the molecule is CCC.CCCCCCCCCCCCC.OP(O)O.OP(O)O.c1ccccc1.c1ccccc1. The summed E-state index contributed by atoms with van der Waals surface area (Å²) in [6, 6.07) is 24.0. The van der Waals surface area contributed by atoms with Crippen LogP contribution in [0.15, 0.2) is 72.8 Å². The maximum atomic E-state index is 7.23. The largest absolute Gasteiger partial charge is 0.328 e. The van der Waals surface area contributed by atoms with Crippen LogP contribution in [0, 0.1) is 0 Å². The van der Waals surface area contributed by atoms with E-state index in [1.54, 1.807) is 0 Å². The molecule has 0 aliphatic rings. The van der Waals surface area contributed by atoms with E-state index in [9.17, 15) is 0 Å². The van der Waals surface area contributed by atoms with Crippen LogP contribution in [0.1, 0.15) is 105 Å². The molecule has 0 fully saturated rings. The van der Waals surface area contributed by atoms with Gasteiger partial charge >= 0.3 is 17.2 Å². The maximum Gasteiger partial charge on any atom is 0.324 e. The lowest BCUT2D eigenvalue weighted by molar-refractivity contribution is 0.366. The van der Waals surface area contributed by atoms with E-state index < -0.39 is 17.2 Å². The molecule has 36 heavy (non-hydrogen) atoms. The molecule has 6 nitrogen and oxygen atoms in total. The van der Waals surface area contributed by atoms with Gasteiger partial charge in [0.25, 0.3) is 0 Å². The Morgan fingerprint density at radius 1 is 0.333 bits per heavy atom. The van der Waals surface area contributed by atoms with E-state index in [0.29, 0.717) is 0 Å². The number of hydrogen-bond donors (Lipinski definition) is 6. The molecule has 0 bridgehead atoms. The summed E-state index contributed by atoms with van der Waals surface area (Å²) < 4.78 is 0. The lowest BCUT2D eigenvalue weighted by Gasteiger charge is -2.00. The van der Waals surface area contributed by atoms with E-state index in [0.717, 1.165) is 0 Å². The van der Waals surface area contributed by atoms with E-state index in [1.807, 2.05) is 72.8 Å². The zero-order valence-electron chi connectivity index (χ0n) is 23.0. The highest BCUT2D eigenvalue weighted by Gasteiger charge is 1.91. The fourth-order valence-corrected chi connectivity index (χ4v) is 2.51. The predicted molar refractivity (Wildman–Crippen MR) is 158 cm³/mol. The van der Waals surface area contributed by atoms with Crippen LogP contribution in [-0.2, 0) is 0 Å². The van der Waals surface area contributed by atoms with Crippen molar-refractivity contribution in [3.8, 4) is 0 Å². The molecule has 0 aliphatic heterocycles. The second-order valence-electron chi connectivity index (χ2n) is 7.74. The highest BCUT2D eigenvalue weighted by molar-refractivity contribution is 7.38. The molecule has 0 unspecified atom stereocenters. The average molecular weight is 549 g/mol. The first-order valence-electron chi connectivity index (χ1n) is 13.0. The van der Waals surface area contributed by atoms with Crippen molar-refractivity contribution in [2.45, 2.75) is 105 Å². The second kappa shape index (κ2) is 44.1. The van der Waals surface area contributed by atoms with Gasteiger partial charge in [0, 0.05) is 0 Å². The van der Waals surface area contributed by atoms with Crippen LogP contribution in [0.2, 0.25) is 0 Å². The summed E-state index contributed by atoms with van der Waals surface area (Å²) in [7, 11) is -5.24. The van der Waals surface area contributed by atoms with Gasteiger partial charge in [-0.25, -0.2) is 0 Å². The first kappa shape index (κ1) is 42.2. The first-order chi connectivity index (χ1) is 17.3. The summed E-state index contributed by atoms with van der Waals surface area (Å²) in [6.07, 6.45) is 17.2. The minimum absolute atomic E-state index is 1.25. The fraction of sp³-hybridized carbons (Fsp3) is 0.571. The molecule has 0 radical (unpaired) electrons.